The first kappa shape index (κ1) is 12.4. The molecule has 0 spiro atoms. The lowest BCUT2D eigenvalue weighted by molar-refractivity contribution is 0.0698. The summed E-state index contributed by atoms with van der Waals surface area (Å²) in [6.45, 7) is 11.5. The van der Waals surface area contributed by atoms with Crippen LogP contribution >= 0.6 is 0 Å². The first-order valence-corrected chi connectivity index (χ1v) is 6.98. The van der Waals surface area contributed by atoms with Crippen LogP contribution in [-0.2, 0) is 0 Å². The van der Waals surface area contributed by atoms with Crippen LogP contribution in [0, 0.1) is 11.3 Å². The molecular weight excluding hydrogens is 196 g/mol. The quantitative estimate of drug-likeness (QED) is 0.711. The average molecular weight is 224 g/mol. The third-order valence-corrected chi connectivity index (χ3v) is 4.68. The molecule has 2 nitrogen and oxygen atoms in total. The molecule has 2 heteroatoms. The summed E-state index contributed by atoms with van der Waals surface area (Å²) in [4.78, 5) is 5.19. The molecule has 0 radical (unpaired) electrons. The van der Waals surface area contributed by atoms with Crippen LogP contribution in [0.5, 0.6) is 0 Å². The summed E-state index contributed by atoms with van der Waals surface area (Å²) in [5, 5.41) is 0. The van der Waals surface area contributed by atoms with Gasteiger partial charge in [0.15, 0.2) is 0 Å². The van der Waals surface area contributed by atoms with Crippen molar-refractivity contribution in [2.24, 2.45) is 11.3 Å². The molecule has 0 atom stereocenters. The van der Waals surface area contributed by atoms with Crippen molar-refractivity contribution in [2.45, 2.75) is 39.5 Å². The second-order valence-electron chi connectivity index (χ2n) is 6.57. The highest BCUT2D eigenvalue weighted by molar-refractivity contribution is 4.85. The van der Waals surface area contributed by atoms with E-state index in [4.69, 9.17) is 0 Å². The predicted molar refractivity (Wildman–Crippen MR) is 69.7 cm³/mol. The Labute approximate surface area is 101 Å². The molecule has 2 aliphatic rings. The molecule has 2 heterocycles. The molecule has 0 aromatic rings. The van der Waals surface area contributed by atoms with Crippen LogP contribution < -0.4 is 0 Å². The van der Waals surface area contributed by atoms with Gasteiger partial charge in [0.1, 0.15) is 0 Å². The summed E-state index contributed by atoms with van der Waals surface area (Å²) in [6, 6.07) is 0. The molecule has 16 heavy (non-hydrogen) atoms. The van der Waals surface area contributed by atoms with Crippen molar-refractivity contribution in [1.29, 1.82) is 0 Å². The Balaban J connectivity index is 1.80. The van der Waals surface area contributed by atoms with E-state index >= 15 is 0 Å². The Morgan fingerprint density at radius 2 is 1.62 bits per heavy atom. The fourth-order valence-electron chi connectivity index (χ4n) is 3.08. The zero-order chi connectivity index (χ0) is 11.6. The average Bonchev–Trinajstić information content (AvgIpc) is 2.27. The normalized spacial score (nSPS) is 29.4. The minimum absolute atomic E-state index is 0.590. The van der Waals surface area contributed by atoms with Crippen molar-refractivity contribution in [2.75, 3.05) is 39.8 Å². The Kier molecular flexibility index (Phi) is 3.91. The van der Waals surface area contributed by atoms with Gasteiger partial charge in [0.05, 0.1) is 0 Å². The summed E-state index contributed by atoms with van der Waals surface area (Å²) >= 11 is 0. The first-order chi connectivity index (χ1) is 7.57. The van der Waals surface area contributed by atoms with Gasteiger partial charge in [-0.05, 0) is 70.2 Å². The second kappa shape index (κ2) is 5.05. The second-order valence-corrected chi connectivity index (χ2v) is 6.57. The first-order valence-electron chi connectivity index (χ1n) is 6.98. The molecule has 0 amide bonds. The number of likely N-dealkylation sites (tertiary alicyclic amines) is 2. The van der Waals surface area contributed by atoms with E-state index in [1.807, 2.05) is 0 Å². The summed E-state index contributed by atoms with van der Waals surface area (Å²) in [6.07, 6.45) is 5.59. The molecule has 0 aliphatic carbocycles. The van der Waals surface area contributed by atoms with Crippen LogP contribution in [0.1, 0.15) is 39.5 Å². The summed E-state index contributed by atoms with van der Waals surface area (Å²) in [7, 11) is 2.25. The van der Waals surface area contributed by atoms with Crippen LogP contribution in [0.2, 0.25) is 0 Å². The SMILES string of the molecule is CC1CCN(CC2(C)CCN(C)CC2)CC1. The van der Waals surface area contributed by atoms with Crippen LogP contribution in [-0.4, -0.2) is 49.6 Å². The molecule has 0 aromatic heterocycles. The highest BCUT2D eigenvalue weighted by Gasteiger charge is 2.31. The highest BCUT2D eigenvalue weighted by Crippen LogP contribution is 2.32. The Morgan fingerprint density at radius 1 is 1.06 bits per heavy atom. The molecule has 2 saturated heterocycles. The maximum absolute atomic E-state index is 2.71. The van der Waals surface area contributed by atoms with Crippen LogP contribution in [0.4, 0.5) is 0 Å². The maximum Gasteiger partial charge on any atom is 0.00363 e. The third kappa shape index (κ3) is 3.21. The van der Waals surface area contributed by atoms with Gasteiger partial charge >= 0.3 is 0 Å². The van der Waals surface area contributed by atoms with Crippen molar-refractivity contribution >= 4 is 0 Å². The third-order valence-electron chi connectivity index (χ3n) is 4.68. The van der Waals surface area contributed by atoms with Gasteiger partial charge < -0.3 is 9.80 Å². The smallest absolute Gasteiger partial charge is 0.00363 e. The zero-order valence-electron chi connectivity index (χ0n) is 11.3. The van der Waals surface area contributed by atoms with Gasteiger partial charge in [0.2, 0.25) is 0 Å². The van der Waals surface area contributed by atoms with E-state index in [-0.39, 0.29) is 0 Å². The van der Waals surface area contributed by atoms with E-state index < -0.39 is 0 Å². The number of hydrogen-bond donors (Lipinski definition) is 0. The monoisotopic (exact) mass is 224 g/mol. The van der Waals surface area contributed by atoms with Gasteiger partial charge in [-0.3, -0.25) is 0 Å². The highest BCUT2D eigenvalue weighted by atomic mass is 15.1. The van der Waals surface area contributed by atoms with E-state index in [1.165, 1.54) is 58.4 Å². The summed E-state index contributed by atoms with van der Waals surface area (Å²) in [5.74, 6) is 0.960. The van der Waals surface area contributed by atoms with Gasteiger partial charge in [-0.15, -0.1) is 0 Å². The van der Waals surface area contributed by atoms with Crippen LogP contribution in [0.25, 0.3) is 0 Å². The predicted octanol–water partition coefficient (Wildman–Crippen LogP) is 2.45. The molecule has 0 N–H and O–H groups in total. The largest absolute Gasteiger partial charge is 0.306 e. The van der Waals surface area contributed by atoms with Crippen LogP contribution in [0.15, 0.2) is 0 Å². The van der Waals surface area contributed by atoms with E-state index in [0.717, 1.165) is 5.92 Å². The molecule has 0 aromatic carbocycles. The molecule has 0 unspecified atom stereocenters. The van der Waals surface area contributed by atoms with Gasteiger partial charge in [0.25, 0.3) is 0 Å². The van der Waals surface area contributed by atoms with Crippen molar-refractivity contribution in [1.82, 2.24) is 9.80 Å². The van der Waals surface area contributed by atoms with E-state index in [1.54, 1.807) is 0 Å². The lowest BCUT2D eigenvalue weighted by atomic mass is 9.79. The minimum Gasteiger partial charge on any atom is -0.306 e. The van der Waals surface area contributed by atoms with Gasteiger partial charge in [-0.1, -0.05) is 13.8 Å². The molecule has 0 bridgehead atoms. The van der Waals surface area contributed by atoms with E-state index in [9.17, 15) is 0 Å². The number of nitrogens with zero attached hydrogens (tertiary/aromatic N) is 2. The Hall–Kier alpha value is -0.0800. The van der Waals surface area contributed by atoms with Gasteiger partial charge in [-0.2, -0.15) is 0 Å². The molecular formula is C14H28N2. The number of hydrogen-bond acceptors (Lipinski definition) is 2. The standard InChI is InChI=1S/C14H28N2/c1-13-4-8-16(9-5-13)12-14(2)6-10-15(3)11-7-14/h13H,4-12H2,1-3H3. The number of rotatable bonds is 2. The van der Waals surface area contributed by atoms with Crippen molar-refractivity contribution in [3.05, 3.63) is 0 Å². The fourth-order valence-corrected chi connectivity index (χ4v) is 3.08. The molecule has 0 saturated carbocycles. The topological polar surface area (TPSA) is 6.48 Å². The zero-order valence-corrected chi connectivity index (χ0v) is 11.3. The molecule has 2 rings (SSSR count). The lowest BCUT2D eigenvalue weighted by Crippen LogP contribution is -2.45. The Bertz CT molecular complexity index is 211. The fraction of sp³-hybridized carbons (Fsp3) is 1.00. The van der Waals surface area contributed by atoms with Gasteiger partial charge in [-0.25, -0.2) is 0 Å². The van der Waals surface area contributed by atoms with Crippen molar-refractivity contribution in [3.8, 4) is 0 Å². The lowest BCUT2D eigenvalue weighted by Gasteiger charge is -2.42. The van der Waals surface area contributed by atoms with Crippen LogP contribution in [0.3, 0.4) is 0 Å². The minimum atomic E-state index is 0.590. The Morgan fingerprint density at radius 3 is 2.19 bits per heavy atom. The van der Waals surface area contributed by atoms with E-state index in [2.05, 4.69) is 30.7 Å². The van der Waals surface area contributed by atoms with Gasteiger partial charge in [0, 0.05) is 6.54 Å². The maximum atomic E-state index is 2.71. The molecule has 94 valence electrons. The number of piperidine rings is 2. The van der Waals surface area contributed by atoms with Crippen molar-refractivity contribution < 1.29 is 0 Å². The molecule has 2 fully saturated rings. The molecule has 2 aliphatic heterocycles. The summed E-state index contributed by atoms with van der Waals surface area (Å²) in [5.41, 5.74) is 0.590. The van der Waals surface area contributed by atoms with E-state index in [0.29, 0.717) is 5.41 Å². The summed E-state index contributed by atoms with van der Waals surface area (Å²) < 4.78 is 0. The van der Waals surface area contributed by atoms with Crippen molar-refractivity contribution in [3.63, 3.8) is 0 Å².